The highest BCUT2D eigenvalue weighted by atomic mass is 16.7. The molecule has 4 heteroatoms. The highest BCUT2D eigenvalue weighted by Gasteiger charge is 2.43. The molecule has 0 saturated carbocycles. The normalized spacial score (nSPS) is 25.6. The highest BCUT2D eigenvalue weighted by molar-refractivity contribution is 6.47. The van der Waals surface area contributed by atoms with Gasteiger partial charge in [-0.2, -0.15) is 0 Å². The molecule has 1 fully saturated rings. The molecule has 0 spiro atoms. The predicted molar refractivity (Wildman–Crippen MR) is 42.0 cm³/mol. The van der Waals surface area contributed by atoms with Crippen LogP contribution in [0.15, 0.2) is 0 Å². The van der Waals surface area contributed by atoms with Gasteiger partial charge in [0.05, 0.1) is 0 Å². The van der Waals surface area contributed by atoms with Crippen LogP contribution in [0, 0.1) is 5.41 Å². The zero-order valence-electron chi connectivity index (χ0n) is 7.38. The zero-order chi connectivity index (χ0) is 8.65. The fraction of sp³-hybridized carbons (Fsp3) is 0.857. The lowest BCUT2D eigenvalue weighted by molar-refractivity contribution is -0.139. The van der Waals surface area contributed by atoms with Gasteiger partial charge in [-0.25, -0.2) is 0 Å². The summed E-state index contributed by atoms with van der Waals surface area (Å²) in [7, 11) is -0.383. The molecule has 11 heavy (non-hydrogen) atoms. The average Bonchev–Trinajstić information content (AvgIpc) is 2.08. The Morgan fingerprint density at radius 3 is 2.18 bits per heavy atom. The molecular formula is C7H13BO3. The molecule has 1 heterocycles. The van der Waals surface area contributed by atoms with Crippen LogP contribution in [-0.4, -0.2) is 19.2 Å². The summed E-state index contributed by atoms with van der Waals surface area (Å²) in [5.74, 6) is -0.245. The topological polar surface area (TPSA) is 35.5 Å². The Balaban J connectivity index is 2.68. The quantitative estimate of drug-likeness (QED) is 0.492. The molecule has 0 N–H and O–H groups in total. The van der Waals surface area contributed by atoms with Crippen LogP contribution in [0.5, 0.6) is 0 Å². The lowest BCUT2D eigenvalue weighted by Gasteiger charge is -2.22. The molecule has 0 aromatic heterocycles. The van der Waals surface area contributed by atoms with E-state index in [1.54, 1.807) is 6.82 Å². The molecule has 1 aliphatic heterocycles. The van der Waals surface area contributed by atoms with Crippen molar-refractivity contribution >= 4 is 13.1 Å². The van der Waals surface area contributed by atoms with E-state index >= 15 is 0 Å². The molecule has 0 aromatic rings. The van der Waals surface area contributed by atoms with E-state index < -0.39 is 6.10 Å². The zero-order valence-corrected chi connectivity index (χ0v) is 7.38. The third-order valence-corrected chi connectivity index (χ3v) is 1.61. The SMILES string of the molecule is CB1OC(=O)[C@H](C(C)(C)C)O1. The van der Waals surface area contributed by atoms with Gasteiger partial charge >= 0.3 is 13.1 Å². The van der Waals surface area contributed by atoms with E-state index in [4.69, 9.17) is 9.31 Å². The monoisotopic (exact) mass is 156 g/mol. The first-order chi connectivity index (χ1) is 4.91. The molecule has 62 valence electrons. The fourth-order valence-electron chi connectivity index (χ4n) is 1.06. The lowest BCUT2D eigenvalue weighted by Crippen LogP contribution is -2.32. The Kier molecular flexibility index (Phi) is 1.97. The van der Waals surface area contributed by atoms with Crippen LogP contribution in [0.2, 0.25) is 6.82 Å². The van der Waals surface area contributed by atoms with Gasteiger partial charge in [0.2, 0.25) is 0 Å². The summed E-state index contributed by atoms with van der Waals surface area (Å²) in [4.78, 5) is 11.1. The van der Waals surface area contributed by atoms with E-state index in [1.807, 2.05) is 20.8 Å². The second-order valence-electron chi connectivity index (χ2n) is 3.89. The van der Waals surface area contributed by atoms with Gasteiger partial charge in [-0.3, -0.25) is 4.79 Å². The predicted octanol–water partition coefficient (Wildman–Crippen LogP) is 1.09. The summed E-state index contributed by atoms with van der Waals surface area (Å²) >= 11 is 0. The summed E-state index contributed by atoms with van der Waals surface area (Å²) in [5, 5.41) is 0. The van der Waals surface area contributed by atoms with Crippen LogP contribution < -0.4 is 0 Å². The standard InChI is InChI=1S/C7H13BO3/c1-7(2,3)5-6(9)11-8(4)10-5/h5H,1-4H3/t5-/m1/s1. The minimum absolute atomic E-state index is 0.165. The first kappa shape index (κ1) is 8.59. The van der Waals surface area contributed by atoms with Crippen LogP contribution in [0.25, 0.3) is 0 Å². The van der Waals surface area contributed by atoms with Crippen molar-refractivity contribution in [2.75, 3.05) is 0 Å². The van der Waals surface area contributed by atoms with Crippen molar-refractivity contribution in [3.8, 4) is 0 Å². The van der Waals surface area contributed by atoms with Gasteiger partial charge in [0.1, 0.15) is 6.10 Å². The van der Waals surface area contributed by atoms with Gasteiger partial charge in [0.15, 0.2) is 0 Å². The van der Waals surface area contributed by atoms with Crippen molar-refractivity contribution in [1.29, 1.82) is 0 Å². The van der Waals surface area contributed by atoms with E-state index in [-0.39, 0.29) is 18.5 Å². The lowest BCUT2D eigenvalue weighted by atomic mass is 9.88. The Morgan fingerprint density at radius 1 is 1.45 bits per heavy atom. The van der Waals surface area contributed by atoms with E-state index in [0.29, 0.717) is 0 Å². The highest BCUT2D eigenvalue weighted by Crippen LogP contribution is 2.27. The molecule has 0 amide bonds. The van der Waals surface area contributed by atoms with Crippen molar-refractivity contribution < 1.29 is 14.1 Å². The Hall–Kier alpha value is -0.505. The minimum atomic E-state index is -0.405. The maximum Gasteiger partial charge on any atom is 0.524 e. The number of rotatable bonds is 0. The Labute approximate surface area is 67.2 Å². The van der Waals surface area contributed by atoms with E-state index in [0.717, 1.165) is 0 Å². The van der Waals surface area contributed by atoms with Crippen LogP contribution in [0.3, 0.4) is 0 Å². The second-order valence-corrected chi connectivity index (χ2v) is 3.89. The first-order valence-electron chi connectivity index (χ1n) is 3.77. The van der Waals surface area contributed by atoms with E-state index in [9.17, 15) is 4.79 Å². The number of hydrogen-bond donors (Lipinski definition) is 0. The third kappa shape index (κ3) is 1.74. The summed E-state index contributed by atoms with van der Waals surface area (Å²) in [5.41, 5.74) is -0.165. The maximum absolute atomic E-state index is 11.1. The second kappa shape index (κ2) is 2.52. The largest absolute Gasteiger partial charge is 0.524 e. The molecule has 1 atom stereocenters. The number of carbonyl (C=O) groups excluding carboxylic acids is 1. The van der Waals surface area contributed by atoms with Crippen LogP contribution >= 0.6 is 0 Å². The molecule has 0 radical (unpaired) electrons. The van der Waals surface area contributed by atoms with Gasteiger partial charge in [0, 0.05) is 0 Å². The van der Waals surface area contributed by atoms with Crippen molar-refractivity contribution in [3.05, 3.63) is 0 Å². The van der Waals surface area contributed by atoms with Gasteiger partial charge < -0.3 is 9.31 Å². The Bertz CT molecular complexity index is 173. The molecule has 1 aliphatic rings. The minimum Gasteiger partial charge on any atom is -0.508 e. The number of hydrogen-bond acceptors (Lipinski definition) is 3. The summed E-state index contributed by atoms with van der Waals surface area (Å²) in [6.45, 7) is 7.59. The number of carbonyl (C=O) groups is 1. The van der Waals surface area contributed by atoms with Gasteiger partial charge in [-0.15, -0.1) is 0 Å². The van der Waals surface area contributed by atoms with Crippen LogP contribution in [-0.2, 0) is 14.1 Å². The molecule has 0 aromatic carbocycles. The van der Waals surface area contributed by atoms with Crippen molar-refractivity contribution in [3.63, 3.8) is 0 Å². The third-order valence-electron chi connectivity index (χ3n) is 1.61. The van der Waals surface area contributed by atoms with Crippen LogP contribution in [0.1, 0.15) is 20.8 Å². The summed E-state index contributed by atoms with van der Waals surface area (Å²) in [6, 6.07) is 0. The molecular weight excluding hydrogens is 143 g/mol. The molecule has 0 aliphatic carbocycles. The molecule has 3 nitrogen and oxygen atoms in total. The first-order valence-corrected chi connectivity index (χ1v) is 3.77. The summed E-state index contributed by atoms with van der Waals surface area (Å²) in [6.07, 6.45) is -0.405. The average molecular weight is 156 g/mol. The smallest absolute Gasteiger partial charge is 0.508 e. The molecule has 1 saturated heterocycles. The molecule has 1 rings (SSSR count). The summed E-state index contributed by atoms with van der Waals surface area (Å²) < 4.78 is 10.1. The van der Waals surface area contributed by atoms with E-state index in [1.165, 1.54) is 0 Å². The fourth-order valence-corrected chi connectivity index (χ4v) is 1.06. The Morgan fingerprint density at radius 2 is 2.00 bits per heavy atom. The van der Waals surface area contributed by atoms with E-state index in [2.05, 4.69) is 0 Å². The molecule has 0 bridgehead atoms. The van der Waals surface area contributed by atoms with Crippen molar-refractivity contribution in [2.45, 2.75) is 33.7 Å². The van der Waals surface area contributed by atoms with Crippen molar-refractivity contribution in [1.82, 2.24) is 0 Å². The van der Waals surface area contributed by atoms with Gasteiger partial charge in [-0.05, 0) is 12.2 Å². The maximum atomic E-state index is 11.1. The van der Waals surface area contributed by atoms with Crippen molar-refractivity contribution in [2.24, 2.45) is 5.41 Å². The van der Waals surface area contributed by atoms with Gasteiger partial charge in [-0.1, -0.05) is 20.8 Å². The van der Waals surface area contributed by atoms with Crippen LogP contribution in [0.4, 0.5) is 0 Å². The molecule has 0 unspecified atom stereocenters. The van der Waals surface area contributed by atoms with Gasteiger partial charge in [0.25, 0.3) is 0 Å².